The molecule has 1 fully saturated rings. The summed E-state index contributed by atoms with van der Waals surface area (Å²) in [6, 6.07) is 16.6. The van der Waals surface area contributed by atoms with Crippen molar-refractivity contribution in [1.82, 2.24) is 20.1 Å². The van der Waals surface area contributed by atoms with Crippen LogP contribution < -0.4 is 10.1 Å². The molecule has 3 unspecified atom stereocenters. The number of nitrogens with zero attached hydrogens (tertiary/aromatic N) is 3. The number of rotatable bonds is 6. The van der Waals surface area contributed by atoms with Crippen LogP contribution >= 0.6 is 0 Å². The smallest absolute Gasteiger partial charge is 0.265 e. The van der Waals surface area contributed by atoms with Gasteiger partial charge in [0.25, 0.3) is 11.8 Å². The van der Waals surface area contributed by atoms with Crippen LogP contribution in [0.1, 0.15) is 55.9 Å². The summed E-state index contributed by atoms with van der Waals surface area (Å²) in [5.74, 6) is -0.610. The number of nitrogens with one attached hydrogen (secondary N) is 1. The second-order valence-corrected chi connectivity index (χ2v) is 10.1. The number of fused-ring (bicyclic) bond motifs is 2. The van der Waals surface area contributed by atoms with E-state index in [-0.39, 0.29) is 17.7 Å². The first-order valence-electron chi connectivity index (χ1n) is 13.0. The molecule has 2 amide bonds. The van der Waals surface area contributed by atoms with E-state index in [1.807, 2.05) is 24.4 Å². The van der Waals surface area contributed by atoms with Crippen molar-refractivity contribution < 1.29 is 24.5 Å². The number of ether oxygens (including phenoxy) is 1. The third-order valence-corrected chi connectivity index (χ3v) is 7.57. The molecule has 9 nitrogen and oxygen atoms in total. The number of amides is 2. The van der Waals surface area contributed by atoms with E-state index in [0.717, 1.165) is 36.5 Å². The number of carbonyl (C=O) groups is 2. The van der Waals surface area contributed by atoms with E-state index in [0.29, 0.717) is 18.6 Å². The topological polar surface area (TPSA) is 115 Å². The SMILES string of the molecule is O=C1c2cccc(OCc3ccc(CN4CCc5ncccc5C4)cc3)c2C(=O)N1C1CCC(O)NC1O. The zero-order valence-corrected chi connectivity index (χ0v) is 20.9. The Morgan fingerprint density at radius 1 is 0.974 bits per heavy atom. The maximum Gasteiger partial charge on any atom is 0.265 e. The molecular formula is C29H30N4O5. The van der Waals surface area contributed by atoms with Crippen molar-refractivity contribution in [1.29, 1.82) is 0 Å². The fourth-order valence-electron chi connectivity index (χ4n) is 5.56. The molecule has 0 radical (unpaired) electrons. The molecule has 0 aliphatic carbocycles. The molecular weight excluding hydrogens is 484 g/mol. The van der Waals surface area contributed by atoms with Gasteiger partial charge in [0.1, 0.15) is 24.8 Å². The van der Waals surface area contributed by atoms with E-state index in [2.05, 4.69) is 33.4 Å². The molecule has 3 aromatic rings. The summed E-state index contributed by atoms with van der Waals surface area (Å²) in [7, 11) is 0. The highest BCUT2D eigenvalue weighted by Gasteiger charge is 2.45. The van der Waals surface area contributed by atoms with Crippen LogP contribution in [0.15, 0.2) is 60.8 Å². The molecule has 3 N–H and O–H groups in total. The van der Waals surface area contributed by atoms with Crippen molar-refractivity contribution >= 4 is 11.8 Å². The number of aliphatic hydroxyl groups excluding tert-OH is 2. The van der Waals surface area contributed by atoms with Gasteiger partial charge in [0.15, 0.2) is 0 Å². The monoisotopic (exact) mass is 514 g/mol. The first-order chi connectivity index (χ1) is 18.5. The molecule has 4 heterocycles. The fraction of sp³-hybridized carbons (Fsp3) is 0.345. The quantitative estimate of drug-likeness (QED) is 0.429. The molecule has 9 heteroatoms. The van der Waals surface area contributed by atoms with Crippen molar-refractivity contribution in [2.45, 2.75) is 57.5 Å². The number of pyridine rings is 1. The number of benzene rings is 2. The van der Waals surface area contributed by atoms with Crippen LogP contribution in [0.2, 0.25) is 0 Å². The molecule has 196 valence electrons. The Kier molecular flexibility index (Phi) is 6.67. The molecule has 6 rings (SSSR count). The summed E-state index contributed by atoms with van der Waals surface area (Å²) in [6.07, 6.45) is 1.39. The standard InChI is InChI=1S/C29H30N4O5/c34-25-11-10-23(27(35)31-25)33-28(36)21-4-1-5-24(26(21)29(33)37)38-17-19-8-6-18(7-9-19)15-32-14-12-22-20(16-32)3-2-13-30-22/h1-9,13,23,25,27,31,34-35H,10-12,14-17H2. The minimum atomic E-state index is -1.19. The van der Waals surface area contributed by atoms with Crippen LogP contribution in [0.25, 0.3) is 0 Å². The van der Waals surface area contributed by atoms with Crippen molar-refractivity contribution in [2.24, 2.45) is 0 Å². The number of hydrogen-bond acceptors (Lipinski definition) is 8. The predicted octanol–water partition coefficient (Wildman–Crippen LogP) is 2.20. The average molecular weight is 515 g/mol. The molecule has 3 aliphatic rings. The summed E-state index contributed by atoms with van der Waals surface area (Å²) >= 11 is 0. The second kappa shape index (κ2) is 10.3. The highest BCUT2D eigenvalue weighted by atomic mass is 16.5. The third kappa shape index (κ3) is 4.69. The van der Waals surface area contributed by atoms with Crippen LogP contribution in [0.3, 0.4) is 0 Å². The molecule has 1 saturated heterocycles. The number of imide groups is 1. The van der Waals surface area contributed by atoms with E-state index >= 15 is 0 Å². The Labute approximate surface area is 220 Å². The lowest BCUT2D eigenvalue weighted by molar-refractivity contribution is -0.0413. The van der Waals surface area contributed by atoms with Gasteiger partial charge < -0.3 is 14.9 Å². The average Bonchev–Trinajstić information content (AvgIpc) is 3.18. The van der Waals surface area contributed by atoms with Gasteiger partial charge in [-0.3, -0.25) is 29.7 Å². The molecule has 38 heavy (non-hydrogen) atoms. The Morgan fingerprint density at radius 2 is 1.79 bits per heavy atom. The lowest BCUT2D eigenvalue weighted by Gasteiger charge is -2.36. The van der Waals surface area contributed by atoms with Gasteiger partial charge in [-0.15, -0.1) is 0 Å². The number of hydrogen-bond donors (Lipinski definition) is 3. The minimum absolute atomic E-state index is 0.215. The molecule has 0 saturated carbocycles. The number of aromatic nitrogens is 1. The maximum absolute atomic E-state index is 13.3. The highest BCUT2D eigenvalue weighted by molar-refractivity contribution is 6.22. The molecule has 3 aliphatic heterocycles. The van der Waals surface area contributed by atoms with Gasteiger partial charge >= 0.3 is 0 Å². The van der Waals surface area contributed by atoms with E-state index in [4.69, 9.17) is 4.74 Å². The van der Waals surface area contributed by atoms with Gasteiger partial charge in [-0.25, -0.2) is 0 Å². The van der Waals surface area contributed by atoms with Crippen LogP contribution in [-0.4, -0.2) is 61.9 Å². The first-order valence-corrected chi connectivity index (χ1v) is 13.0. The van der Waals surface area contributed by atoms with Crippen molar-refractivity contribution in [3.05, 3.63) is 94.3 Å². The largest absolute Gasteiger partial charge is 0.488 e. The summed E-state index contributed by atoms with van der Waals surface area (Å²) < 4.78 is 6.03. The molecule has 2 aromatic carbocycles. The zero-order valence-electron chi connectivity index (χ0n) is 20.9. The summed E-state index contributed by atoms with van der Waals surface area (Å²) in [5.41, 5.74) is 5.12. The predicted molar refractivity (Wildman–Crippen MR) is 138 cm³/mol. The zero-order chi connectivity index (χ0) is 26.2. The molecule has 0 spiro atoms. The van der Waals surface area contributed by atoms with E-state index in [9.17, 15) is 19.8 Å². The minimum Gasteiger partial charge on any atom is -0.488 e. The fourth-order valence-corrected chi connectivity index (χ4v) is 5.56. The van der Waals surface area contributed by atoms with Gasteiger partial charge in [0.05, 0.1) is 17.2 Å². The van der Waals surface area contributed by atoms with E-state index < -0.39 is 30.3 Å². The first kappa shape index (κ1) is 24.7. The Bertz CT molecular complexity index is 1360. The normalized spacial score (nSPS) is 23.3. The number of piperidine rings is 1. The van der Waals surface area contributed by atoms with E-state index in [1.54, 1.807) is 18.2 Å². The maximum atomic E-state index is 13.3. The lowest BCUT2D eigenvalue weighted by Crippen LogP contribution is -2.58. The highest BCUT2D eigenvalue weighted by Crippen LogP contribution is 2.34. The van der Waals surface area contributed by atoms with Gasteiger partial charge in [-0.1, -0.05) is 36.4 Å². The molecule has 1 aromatic heterocycles. The Morgan fingerprint density at radius 3 is 2.61 bits per heavy atom. The van der Waals surface area contributed by atoms with Crippen molar-refractivity contribution in [3.8, 4) is 5.75 Å². The van der Waals surface area contributed by atoms with Gasteiger partial charge in [0.2, 0.25) is 0 Å². The van der Waals surface area contributed by atoms with Crippen LogP contribution in [0.4, 0.5) is 0 Å². The second-order valence-electron chi connectivity index (χ2n) is 10.1. The lowest BCUT2D eigenvalue weighted by atomic mass is 10.0. The van der Waals surface area contributed by atoms with Crippen LogP contribution in [-0.2, 0) is 26.1 Å². The van der Waals surface area contributed by atoms with E-state index in [1.165, 1.54) is 16.8 Å². The number of aliphatic hydroxyl groups is 2. The van der Waals surface area contributed by atoms with Gasteiger partial charge in [-0.05, 0) is 47.7 Å². The van der Waals surface area contributed by atoms with Gasteiger partial charge in [-0.2, -0.15) is 0 Å². The van der Waals surface area contributed by atoms with Gasteiger partial charge in [0, 0.05) is 37.9 Å². The van der Waals surface area contributed by atoms with Crippen LogP contribution in [0, 0.1) is 0 Å². The summed E-state index contributed by atoms with van der Waals surface area (Å²) in [4.78, 5) is 34.3. The summed E-state index contributed by atoms with van der Waals surface area (Å²) in [6.45, 7) is 2.98. The number of carbonyl (C=O) groups excluding carboxylic acids is 2. The van der Waals surface area contributed by atoms with Crippen molar-refractivity contribution in [3.63, 3.8) is 0 Å². The summed E-state index contributed by atoms with van der Waals surface area (Å²) in [5, 5.41) is 22.7. The van der Waals surface area contributed by atoms with Crippen molar-refractivity contribution in [2.75, 3.05) is 6.54 Å². The Hall–Kier alpha value is -3.63. The molecule has 3 atom stereocenters. The Balaban J connectivity index is 1.11. The van der Waals surface area contributed by atoms with Crippen LogP contribution in [0.5, 0.6) is 5.75 Å². The third-order valence-electron chi connectivity index (χ3n) is 7.57. The molecule has 0 bridgehead atoms.